The Labute approximate surface area is 157 Å². The van der Waals surface area contributed by atoms with Gasteiger partial charge in [-0.1, -0.05) is 66.7 Å². The molecule has 0 radical (unpaired) electrons. The molecule has 0 spiro atoms. The fourth-order valence-corrected chi connectivity index (χ4v) is 3.91. The summed E-state index contributed by atoms with van der Waals surface area (Å²) >= 11 is 0. The van der Waals surface area contributed by atoms with Gasteiger partial charge in [-0.15, -0.1) is 0 Å². The Morgan fingerprint density at radius 2 is 1.04 bits per heavy atom. The Morgan fingerprint density at radius 3 is 1.52 bits per heavy atom. The summed E-state index contributed by atoms with van der Waals surface area (Å²) in [6, 6.07) is 29.5. The minimum atomic E-state index is 0.777. The lowest BCUT2D eigenvalue weighted by Gasteiger charge is -2.17. The molecule has 0 fully saturated rings. The van der Waals surface area contributed by atoms with E-state index in [1.165, 1.54) is 38.2 Å². The van der Waals surface area contributed by atoms with E-state index in [9.17, 15) is 0 Å². The first kappa shape index (κ1) is 15.6. The number of nitrogen functional groups attached to an aromatic ring is 1. The predicted octanol–water partition coefficient (Wildman–Crippen LogP) is 6.30. The van der Waals surface area contributed by atoms with Crippen LogP contribution in [0.5, 0.6) is 0 Å². The Morgan fingerprint density at radius 1 is 0.519 bits per heavy atom. The predicted molar refractivity (Wildman–Crippen MR) is 115 cm³/mol. The molecule has 1 heterocycles. The molecule has 0 aliphatic carbocycles. The Balaban J connectivity index is 1.99. The van der Waals surface area contributed by atoms with Crippen LogP contribution >= 0.6 is 0 Å². The number of hydrogen-bond donors (Lipinski definition) is 1. The van der Waals surface area contributed by atoms with E-state index in [2.05, 4.69) is 71.7 Å². The Hall–Kier alpha value is -3.65. The zero-order chi connectivity index (χ0) is 18.2. The van der Waals surface area contributed by atoms with Crippen LogP contribution in [0.3, 0.4) is 0 Å². The first-order chi connectivity index (χ1) is 13.3. The molecule has 0 bridgehead atoms. The van der Waals surface area contributed by atoms with Gasteiger partial charge in [-0.05, 0) is 56.4 Å². The number of aromatic nitrogens is 1. The standard InChI is InChI=1S/C25H18N2/c26-19-13-11-17(12-14-19)24-20-7-1-3-9-22(20)25(18-6-5-15-27-16-18)23-10-4-2-8-21(23)24/h1-16H,26H2. The van der Waals surface area contributed by atoms with Gasteiger partial charge in [-0.2, -0.15) is 0 Å². The van der Waals surface area contributed by atoms with E-state index in [4.69, 9.17) is 5.73 Å². The molecule has 4 aromatic carbocycles. The van der Waals surface area contributed by atoms with Crippen LogP contribution in [0.25, 0.3) is 43.8 Å². The molecule has 1 aromatic heterocycles. The summed E-state index contributed by atoms with van der Waals surface area (Å²) in [6.45, 7) is 0. The maximum absolute atomic E-state index is 5.92. The molecule has 5 rings (SSSR count). The maximum atomic E-state index is 5.92. The average molecular weight is 346 g/mol. The lowest BCUT2D eigenvalue weighted by Crippen LogP contribution is -1.91. The number of fused-ring (bicyclic) bond motifs is 2. The first-order valence-electron chi connectivity index (χ1n) is 9.03. The van der Waals surface area contributed by atoms with E-state index < -0.39 is 0 Å². The van der Waals surface area contributed by atoms with E-state index in [1.807, 2.05) is 30.6 Å². The van der Waals surface area contributed by atoms with E-state index in [0.717, 1.165) is 11.3 Å². The molecular weight excluding hydrogens is 328 g/mol. The van der Waals surface area contributed by atoms with Gasteiger partial charge in [0.05, 0.1) is 0 Å². The molecule has 0 saturated heterocycles. The number of pyridine rings is 1. The van der Waals surface area contributed by atoms with Crippen molar-refractivity contribution in [3.05, 3.63) is 97.3 Å². The van der Waals surface area contributed by atoms with Gasteiger partial charge in [0.15, 0.2) is 0 Å². The number of nitrogens with zero attached hydrogens (tertiary/aromatic N) is 1. The van der Waals surface area contributed by atoms with Gasteiger partial charge in [0, 0.05) is 23.6 Å². The first-order valence-corrected chi connectivity index (χ1v) is 9.03. The summed E-state index contributed by atoms with van der Waals surface area (Å²) in [5.74, 6) is 0. The normalized spacial score (nSPS) is 11.1. The quantitative estimate of drug-likeness (QED) is 0.301. The summed E-state index contributed by atoms with van der Waals surface area (Å²) in [6.07, 6.45) is 3.76. The van der Waals surface area contributed by atoms with Gasteiger partial charge in [0.25, 0.3) is 0 Å². The highest BCUT2D eigenvalue weighted by molar-refractivity contribution is 6.21. The van der Waals surface area contributed by atoms with E-state index >= 15 is 0 Å². The number of anilines is 1. The third-order valence-electron chi connectivity index (χ3n) is 5.08. The van der Waals surface area contributed by atoms with Crippen LogP contribution in [0.4, 0.5) is 5.69 Å². The monoisotopic (exact) mass is 346 g/mol. The van der Waals surface area contributed by atoms with Crippen LogP contribution in [0.2, 0.25) is 0 Å². The van der Waals surface area contributed by atoms with Crippen molar-refractivity contribution in [1.29, 1.82) is 0 Å². The SMILES string of the molecule is Nc1ccc(-c2c3ccccc3c(-c3cccnc3)c3ccccc23)cc1. The Bertz CT molecular complexity index is 1200. The van der Waals surface area contributed by atoms with Crippen LogP contribution in [0.1, 0.15) is 0 Å². The van der Waals surface area contributed by atoms with Gasteiger partial charge in [-0.25, -0.2) is 0 Å². The molecule has 27 heavy (non-hydrogen) atoms. The largest absolute Gasteiger partial charge is 0.399 e. The van der Waals surface area contributed by atoms with Crippen LogP contribution in [-0.2, 0) is 0 Å². The minimum absolute atomic E-state index is 0.777. The zero-order valence-electron chi connectivity index (χ0n) is 14.8. The lowest BCUT2D eigenvalue weighted by atomic mass is 9.86. The van der Waals surface area contributed by atoms with Crippen molar-refractivity contribution in [2.24, 2.45) is 0 Å². The van der Waals surface area contributed by atoms with Crippen molar-refractivity contribution in [1.82, 2.24) is 4.98 Å². The summed E-state index contributed by atoms with van der Waals surface area (Å²) in [5.41, 5.74) is 11.5. The number of rotatable bonds is 2. The van der Waals surface area contributed by atoms with Crippen LogP contribution in [0, 0.1) is 0 Å². The van der Waals surface area contributed by atoms with Crippen molar-refractivity contribution in [3.8, 4) is 22.3 Å². The highest BCUT2D eigenvalue weighted by atomic mass is 14.6. The molecule has 128 valence electrons. The molecule has 0 aliphatic heterocycles. The van der Waals surface area contributed by atoms with Gasteiger partial charge in [0.2, 0.25) is 0 Å². The molecular formula is C25H18N2. The minimum Gasteiger partial charge on any atom is -0.399 e. The second kappa shape index (κ2) is 6.26. The molecule has 2 heteroatoms. The lowest BCUT2D eigenvalue weighted by molar-refractivity contribution is 1.33. The molecule has 0 amide bonds. The number of hydrogen-bond acceptors (Lipinski definition) is 2. The third kappa shape index (κ3) is 2.54. The van der Waals surface area contributed by atoms with Crippen molar-refractivity contribution in [2.45, 2.75) is 0 Å². The van der Waals surface area contributed by atoms with Gasteiger partial charge in [-0.3, -0.25) is 4.98 Å². The zero-order valence-corrected chi connectivity index (χ0v) is 14.8. The van der Waals surface area contributed by atoms with E-state index in [-0.39, 0.29) is 0 Å². The topological polar surface area (TPSA) is 38.9 Å². The summed E-state index contributed by atoms with van der Waals surface area (Å²) in [7, 11) is 0. The Kier molecular flexibility index (Phi) is 3.61. The highest BCUT2D eigenvalue weighted by Gasteiger charge is 2.15. The van der Waals surface area contributed by atoms with Crippen LogP contribution in [-0.4, -0.2) is 4.98 Å². The molecule has 5 aromatic rings. The van der Waals surface area contributed by atoms with Crippen LogP contribution < -0.4 is 5.73 Å². The highest BCUT2D eigenvalue weighted by Crippen LogP contribution is 2.43. The van der Waals surface area contributed by atoms with Crippen molar-refractivity contribution in [2.75, 3.05) is 5.73 Å². The third-order valence-corrected chi connectivity index (χ3v) is 5.08. The fourth-order valence-electron chi connectivity index (χ4n) is 3.91. The van der Waals surface area contributed by atoms with Crippen molar-refractivity contribution < 1.29 is 0 Å². The fraction of sp³-hybridized carbons (Fsp3) is 0. The summed E-state index contributed by atoms with van der Waals surface area (Å²) in [4.78, 5) is 4.35. The van der Waals surface area contributed by atoms with Gasteiger partial charge in [0.1, 0.15) is 0 Å². The molecule has 0 saturated carbocycles. The number of benzene rings is 4. The summed E-state index contributed by atoms with van der Waals surface area (Å²) < 4.78 is 0. The van der Waals surface area contributed by atoms with E-state index in [1.54, 1.807) is 0 Å². The second-order valence-corrected chi connectivity index (χ2v) is 6.70. The number of nitrogens with two attached hydrogens (primary N) is 1. The molecule has 0 atom stereocenters. The smallest absolute Gasteiger partial charge is 0.0346 e. The summed E-state index contributed by atoms with van der Waals surface area (Å²) in [5, 5.41) is 4.94. The second-order valence-electron chi connectivity index (χ2n) is 6.70. The molecule has 0 aliphatic rings. The van der Waals surface area contributed by atoms with Crippen molar-refractivity contribution in [3.63, 3.8) is 0 Å². The van der Waals surface area contributed by atoms with Gasteiger partial charge >= 0.3 is 0 Å². The van der Waals surface area contributed by atoms with Crippen LogP contribution in [0.15, 0.2) is 97.3 Å². The average Bonchev–Trinajstić information content (AvgIpc) is 2.73. The maximum Gasteiger partial charge on any atom is 0.0346 e. The molecule has 0 unspecified atom stereocenters. The van der Waals surface area contributed by atoms with Gasteiger partial charge < -0.3 is 5.73 Å². The van der Waals surface area contributed by atoms with Crippen molar-refractivity contribution >= 4 is 27.2 Å². The molecule has 2 nitrogen and oxygen atoms in total. The molecule has 2 N–H and O–H groups in total. The van der Waals surface area contributed by atoms with E-state index in [0.29, 0.717) is 0 Å².